The molecule has 1 aromatic carbocycles. The SMILES string of the molecule is CCOP(=O)(Cc1ccc(C(=O)OC)cc1F)OCC. The molecule has 0 saturated heterocycles. The number of rotatable bonds is 7. The van der Waals surface area contributed by atoms with Gasteiger partial charge in [-0.05, 0) is 31.5 Å². The van der Waals surface area contributed by atoms with Crippen molar-refractivity contribution in [1.82, 2.24) is 0 Å². The summed E-state index contributed by atoms with van der Waals surface area (Å²) in [5, 5.41) is 0. The van der Waals surface area contributed by atoms with Gasteiger partial charge in [-0.2, -0.15) is 0 Å². The molecule has 0 aromatic heterocycles. The van der Waals surface area contributed by atoms with Gasteiger partial charge >= 0.3 is 13.6 Å². The van der Waals surface area contributed by atoms with Crippen molar-refractivity contribution < 1.29 is 27.5 Å². The van der Waals surface area contributed by atoms with Crippen LogP contribution in [0.5, 0.6) is 0 Å². The van der Waals surface area contributed by atoms with Crippen LogP contribution in [-0.2, 0) is 24.5 Å². The summed E-state index contributed by atoms with van der Waals surface area (Å²) >= 11 is 0. The van der Waals surface area contributed by atoms with Crippen molar-refractivity contribution in [3.63, 3.8) is 0 Å². The van der Waals surface area contributed by atoms with E-state index in [2.05, 4.69) is 4.74 Å². The van der Waals surface area contributed by atoms with Crippen LogP contribution in [-0.4, -0.2) is 26.3 Å². The van der Waals surface area contributed by atoms with Gasteiger partial charge in [0.05, 0.1) is 32.0 Å². The summed E-state index contributed by atoms with van der Waals surface area (Å²) in [4.78, 5) is 11.3. The molecule has 5 nitrogen and oxygen atoms in total. The number of carbonyl (C=O) groups is 1. The molecule has 1 rings (SSSR count). The number of methoxy groups -OCH3 is 1. The molecular formula is C13H18FO5P. The number of carbonyl (C=O) groups excluding carboxylic acids is 1. The molecule has 0 spiro atoms. The molecule has 0 fully saturated rings. The maximum Gasteiger partial charge on any atom is 0.337 e. The van der Waals surface area contributed by atoms with Gasteiger partial charge in [0.25, 0.3) is 0 Å². The topological polar surface area (TPSA) is 61.8 Å². The fourth-order valence-corrected chi connectivity index (χ4v) is 3.37. The number of halogens is 1. The zero-order valence-electron chi connectivity index (χ0n) is 11.7. The Morgan fingerprint density at radius 1 is 1.25 bits per heavy atom. The van der Waals surface area contributed by atoms with Crippen LogP contribution in [0.4, 0.5) is 4.39 Å². The van der Waals surface area contributed by atoms with Gasteiger partial charge in [0.2, 0.25) is 0 Å². The standard InChI is InChI=1S/C13H18FO5P/c1-4-18-20(16,19-5-2)9-11-7-6-10(8-12(11)14)13(15)17-3/h6-8H,4-5,9H2,1-3H3. The number of ether oxygens (including phenoxy) is 1. The average molecular weight is 304 g/mol. The number of esters is 1. The smallest absolute Gasteiger partial charge is 0.337 e. The Morgan fingerprint density at radius 2 is 1.85 bits per heavy atom. The first-order chi connectivity index (χ1) is 9.45. The third-order valence-electron chi connectivity index (χ3n) is 2.49. The van der Waals surface area contributed by atoms with Gasteiger partial charge in [-0.3, -0.25) is 4.57 Å². The van der Waals surface area contributed by atoms with E-state index in [0.29, 0.717) is 0 Å². The molecule has 0 heterocycles. The van der Waals surface area contributed by atoms with E-state index < -0.39 is 19.4 Å². The summed E-state index contributed by atoms with van der Waals surface area (Å²) in [6, 6.07) is 3.84. The minimum Gasteiger partial charge on any atom is -0.465 e. The van der Waals surface area contributed by atoms with Crippen LogP contribution in [0.2, 0.25) is 0 Å². The fraction of sp³-hybridized carbons (Fsp3) is 0.462. The minimum absolute atomic E-state index is 0.0939. The van der Waals surface area contributed by atoms with Crippen molar-refractivity contribution in [2.24, 2.45) is 0 Å². The number of benzene rings is 1. The van der Waals surface area contributed by atoms with Crippen LogP contribution >= 0.6 is 7.60 Å². The first-order valence-electron chi connectivity index (χ1n) is 6.20. The molecule has 7 heteroatoms. The lowest BCUT2D eigenvalue weighted by Crippen LogP contribution is -2.04. The largest absolute Gasteiger partial charge is 0.465 e. The van der Waals surface area contributed by atoms with E-state index in [1.165, 1.54) is 19.2 Å². The molecule has 0 bridgehead atoms. The highest BCUT2D eigenvalue weighted by Crippen LogP contribution is 2.51. The van der Waals surface area contributed by atoms with Gasteiger partial charge in [-0.15, -0.1) is 0 Å². The zero-order chi connectivity index (χ0) is 15.2. The molecule has 0 radical (unpaired) electrons. The number of hydrogen-bond acceptors (Lipinski definition) is 5. The Bertz CT molecular complexity index is 507. The Hall–Kier alpha value is -1.23. The van der Waals surface area contributed by atoms with Gasteiger partial charge in [0, 0.05) is 0 Å². The predicted octanol–water partition coefficient (Wildman–Crippen LogP) is 3.38. The molecule has 1 aromatic rings. The first kappa shape index (κ1) is 16.8. The second-order valence-corrected chi connectivity index (χ2v) is 5.96. The van der Waals surface area contributed by atoms with Crippen molar-refractivity contribution in [3.05, 3.63) is 35.1 Å². The average Bonchev–Trinajstić information content (AvgIpc) is 2.40. The van der Waals surface area contributed by atoms with Crippen molar-refractivity contribution >= 4 is 13.6 Å². The van der Waals surface area contributed by atoms with Crippen LogP contribution in [0.3, 0.4) is 0 Å². The third kappa shape index (κ3) is 4.40. The quantitative estimate of drug-likeness (QED) is 0.571. The van der Waals surface area contributed by atoms with E-state index in [9.17, 15) is 13.8 Å². The lowest BCUT2D eigenvalue weighted by atomic mass is 10.1. The lowest BCUT2D eigenvalue weighted by Gasteiger charge is -2.17. The maximum atomic E-state index is 13.9. The molecule has 0 aliphatic carbocycles. The van der Waals surface area contributed by atoms with Crippen LogP contribution in [0.15, 0.2) is 18.2 Å². The molecule has 0 amide bonds. The van der Waals surface area contributed by atoms with E-state index in [1.807, 2.05) is 0 Å². The van der Waals surface area contributed by atoms with Gasteiger partial charge in [0.15, 0.2) is 0 Å². The van der Waals surface area contributed by atoms with Gasteiger partial charge < -0.3 is 13.8 Å². The molecule has 0 N–H and O–H groups in total. The Balaban J connectivity index is 2.97. The third-order valence-corrected chi connectivity index (χ3v) is 4.52. The Morgan fingerprint density at radius 3 is 2.30 bits per heavy atom. The highest BCUT2D eigenvalue weighted by Gasteiger charge is 2.26. The molecule has 0 unspecified atom stereocenters. The molecule has 0 atom stereocenters. The van der Waals surface area contributed by atoms with Crippen molar-refractivity contribution in [1.29, 1.82) is 0 Å². The Kier molecular flexibility index (Phi) is 6.33. The summed E-state index contributed by atoms with van der Waals surface area (Å²) < 4.78 is 40.9. The van der Waals surface area contributed by atoms with Gasteiger partial charge in [0.1, 0.15) is 5.82 Å². The van der Waals surface area contributed by atoms with Gasteiger partial charge in [-0.1, -0.05) is 6.07 Å². The summed E-state index contributed by atoms with van der Waals surface area (Å²) in [7, 11) is -2.16. The summed E-state index contributed by atoms with van der Waals surface area (Å²) in [6.45, 7) is 3.78. The fourth-order valence-electron chi connectivity index (χ4n) is 1.65. The van der Waals surface area contributed by atoms with Crippen LogP contribution in [0.1, 0.15) is 29.8 Å². The Labute approximate surface area is 117 Å². The molecule has 0 aliphatic rings. The predicted molar refractivity (Wildman–Crippen MR) is 72.3 cm³/mol. The molecule has 112 valence electrons. The molecule has 0 saturated carbocycles. The van der Waals surface area contributed by atoms with Crippen LogP contribution in [0.25, 0.3) is 0 Å². The van der Waals surface area contributed by atoms with E-state index in [0.717, 1.165) is 6.07 Å². The van der Waals surface area contributed by atoms with E-state index >= 15 is 0 Å². The highest BCUT2D eigenvalue weighted by atomic mass is 31.2. The molecular weight excluding hydrogens is 286 g/mol. The maximum absolute atomic E-state index is 13.9. The zero-order valence-corrected chi connectivity index (χ0v) is 12.6. The minimum atomic E-state index is -3.37. The number of hydrogen-bond donors (Lipinski definition) is 0. The normalized spacial score (nSPS) is 11.4. The second-order valence-electron chi connectivity index (χ2n) is 3.90. The van der Waals surface area contributed by atoms with Crippen molar-refractivity contribution in [3.8, 4) is 0 Å². The van der Waals surface area contributed by atoms with Crippen LogP contribution < -0.4 is 0 Å². The first-order valence-corrected chi connectivity index (χ1v) is 7.93. The molecule has 0 aliphatic heterocycles. The summed E-state index contributed by atoms with van der Waals surface area (Å²) in [5.41, 5.74) is 0.263. The van der Waals surface area contributed by atoms with Crippen LogP contribution in [0, 0.1) is 5.82 Å². The monoisotopic (exact) mass is 304 g/mol. The second kappa shape index (κ2) is 7.53. The van der Waals surface area contributed by atoms with E-state index in [-0.39, 0.29) is 30.5 Å². The summed E-state index contributed by atoms with van der Waals surface area (Å²) in [6.07, 6.45) is -0.179. The summed E-state index contributed by atoms with van der Waals surface area (Å²) in [5.74, 6) is -1.28. The highest BCUT2D eigenvalue weighted by molar-refractivity contribution is 7.53. The van der Waals surface area contributed by atoms with E-state index in [1.54, 1.807) is 13.8 Å². The molecule has 20 heavy (non-hydrogen) atoms. The lowest BCUT2D eigenvalue weighted by molar-refractivity contribution is 0.0600. The van der Waals surface area contributed by atoms with Crippen molar-refractivity contribution in [2.75, 3.05) is 20.3 Å². The van der Waals surface area contributed by atoms with Gasteiger partial charge in [-0.25, -0.2) is 9.18 Å². The van der Waals surface area contributed by atoms with E-state index in [4.69, 9.17) is 9.05 Å². The van der Waals surface area contributed by atoms with Crippen molar-refractivity contribution in [2.45, 2.75) is 20.0 Å².